The first kappa shape index (κ1) is 18.2. The number of aryl methyl sites for hydroxylation is 1. The number of hydrogen-bond donors (Lipinski definition) is 0. The van der Waals surface area contributed by atoms with Crippen LogP contribution in [0, 0.1) is 6.92 Å². The van der Waals surface area contributed by atoms with Crippen LogP contribution < -0.4 is 4.74 Å². The van der Waals surface area contributed by atoms with Crippen LogP contribution >= 0.6 is 11.3 Å². The Balaban J connectivity index is 1.54. The molecule has 0 bridgehead atoms. The molecule has 0 aliphatic carbocycles. The quantitative estimate of drug-likeness (QED) is 0.575. The van der Waals surface area contributed by atoms with Crippen molar-refractivity contribution < 1.29 is 4.74 Å². The highest BCUT2D eigenvalue weighted by Crippen LogP contribution is 2.35. The molecule has 3 nitrogen and oxygen atoms in total. The SMILES string of the molecule is CCOc1cc(C(C)N2CCc3nc(-c4ccccc4)sc3C2)ccc1C. The van der Waals surface area contributed by atoms with Gasteiger partial charge in [0.05, 0.1) is 12.3 Å². The van der Waals surface area contributed by atoms with Gasteiger partial charge in [-0.3, -0.25) is 4.90 Å². The van der Waals surface area contributed by atoms with Gasteiger partial charge in [-0.25, -0.2) is 4.98 Å². The number of ether oxygens (including phenoxy) is 1. The molecule has 0 N–H and O–H groups in total. The summed E-state index contributed by atoms with van der Waals surface area (Å²) in [5, 5.41) is 1.14. The molecule has 0 saturated heterocycles. The third-order valence-corrected chi connectivity index (χ3v) is 6.46. The lowest BCUT2D eigenvalue weighted by Crippen LogP contribution is -2.32. The molecule has 1 aliphatic rings. The highest BCUT2D eigenvalue weighted by atomic mass is 32.1. The first-order chi connectivity index (χ1) is 13.2. The molecule has 1 unspecified atom stereocenters. The van der Waals surface area contributed by atoms with Gasteiger partial charge in [-0.15, -0.1) is 11.3 Å². The van der Waals surface area contributed by atoms with Crippen LogP contribution in [0.2, 0.25) is 0 Å². The smallest absolute Gasteiger partial charge is 0.123 e. The highest BCUT2D eigenvalue weighted by molar-refractivity contribution is 7.15. The molecule has 4 heteroatoms. The average Bonchev–Trinajstić information content (AvgIpc) is 3.13. The number of fused-ring (bicyclic) bond motifs is 1. The van der Waals surface area contributed by atoms with E-state index in [1.807, 2.05) is 18.3 Å². The van der Waals surface area contributed by atoms with E-state index < -0.39 is 0 Å². The van der Waals surface area contributed by atoms with Crippen LogP contribution in [0.1, 0.15) is 41.6 Å². The van der Waals surface area contributed by atoms with Gasteiger partial charge >= 0.3 is 0 Å². The summed E-state index contributed by atoms with van der Waals surface area (Å²) in [6, 6.07) is 17.5. The lowest BCUT2D eigenvalue weighted by Gasteiger charge is -2.32. The molecule has 4 rings (SSSR count). The highest BCUT2D eigenvalue weighted by Gasteiger charge is 2.25. The van der Waals surface area contributed by atoms with Crippen molar-refractivity contribution in [3.8, 4) is 16.3 Å². The molecule has 0 saturated carbocycles. The van der Waals surface area contributed by atoms with Crippen LogP contribution in [-0.2, 0) is 13.0 Å². The van der Waals surface area contributed by atoms with Crippen molar-refractivity contribution >= 4 is 11.3 Å². The largest absolute Gasteiger partial charge is 0.494 e. The maximum atomic E-state index is 5.80. The van der Waals surface area contributed by atoms with Crippen molar-refractivity contribution in [2.24, 2.45) is 0 Å². The minimum absolute atomic E-state index is 0.361. The molecule has 140 valence electrons. The van der Waals surface area contributed by atoms with Gasteiger partial charge in [0, 0.05) is 36.0 Å². The van der Waals surface area contributed by atoms with Crippen LogP contribution in [0.15, 0.2) is 48.5 Å². The van der Waals surface area contributed by atoms with E-state index in [-0.39, 0.29) is 0 Å². The van der Waals surface area contributed by atoms with Crippen LogP contribution in [0.5, 0.6) is 5.75 Å². The molecule has 27 heavy (non-hydrogen) atoms. The van der Waals surface area contributed by atoms with Crippen LogP contribution in [-0.4, -0.2) is 23.0 Å². The van der Waals surface area contributed by atoms with E-state index in [2.05, 4.69) is 67.3 Å². The number of nitrogens with zero attached hydrogens (tertiary/aromatic N) is 2. The fourth-order valence-electron chi connectivity index (χ4n) is 3.65. The first-order valence-electron chi connectivity index (χ1n) is 9.67. The Hall–Kier alpha value is -2.17. The molecule has 2 aromatic carbocycles. The zero-order valence-corrected chi connectivity index (χ0v) is 17.1. The van der Waals surface area contributed by atoms with Crippen molar-refractivity contribution in [3.05, 3.63) is 70.2 Å². The summed E-state index contributed by atoms with van der Waals surface area (Å²) >= 11 is 1.84. The van der Waals surface area contributed by atoms with Gasteiger partial charge in [0.1, 0.15) is 10.8 Å². The van der Waals surface area contributed by atoms with E-state index in [0.29, 0.717) is 12.6 Å². The average molecular weight is 379 g/mol. The van der Waals surface area contributed by atoms with Crippen molar-refractivity contribution in [2.45, 2.75) is 39.8 Å². The zero-order chi connectivity index (χ0) is 18.8. The molecule has 0 amide bonds. The van der Waals surface area contributed by atoms with Crippen LogP contribution in [0.25, 0.3) is 10.6 Å². The molecule has 0 radical (unpaired) electrons. The summed E-state index contributed by atoms with van der Waals surface area (Å²) in [5.41, 5.74) is 5.02. The molecule has 1 atom stereocenters. The standard InChI is InChI=1S/C23H26N2OS/c1-4-26-21-14-19(11-10-16(21)2)17(3)25-13-12-20-22(15-25)27-23(24-20)18-8-6-5-7-9-18/h5-11,14,17H,4,12-13,15H2,1-3H3. The third-order valence-electron chi connectivity index (χ3n) is 5.32. The Kier molecular flexibility index (Phi) is 5.28. The second-order valence-corrected chi connectivity index (χ2v) is 8.19. The summed E-state index contributed by atoms with van der Waals surface area (Å²) in [7, 11) is 0. The molecule has 2 heterocycles. The zero-order valence-electron chi connectivity index (χ0n) is 16.2. The van der Waals surface area contributed by atoms with Crippen molar-refractivity contribution in [1.82, 2.24) is 9.88 Å². The van der Waals surface area contributed by atoms with E-state index in [1.54, 1.807) is 0 Å². The molecular formula is C23H26N2OS. The lowest BCUT2D eigenvalue weighted by atomic mass is 10.0. The maximum Gasteiger partial charge on any atom is 0.123 e. The summed E-state index contributed by atoms with van der Waals surface area (Å²) in [5.74, 6) is 1.00. The monoisotopic (exact) mass is 378 g/mol. The minimum atomic E-state index is 0.361. The van der Waals surface area contributed by atoms with E-state index in [4.69, 9.17) is 9.72 Å². The van der Waals surface area contributed by atoms with Gasteiger partial charge in [0.15, 0.2) is 0 Å². The van der Waals surface area contributed by atoms with Gasteiger partial charge in [0.2, 0.25) is 0 Å². The van der Waals surface area contributed by atoms with E-state index in [0.717, 1.165) is 30.3 Å². The summed E-state index contributed by atoms with van der Waals surface area (Å²) in [6.45, 7) is 9.16. The Labute approximate surface area is 165 Å². The van der Waals surface area contributed by atoms with Crippen LogP contribution in [0.4, 0.5) is 0 Å². The van der Waals surface area contributed by atoms with E-state index in [1.165, 1.54) is 27.3 Å². The maximum absolute atomic E-state index is 5.80. The molecule has 1 aliphatic heterocycles. The van der Waals surface area contributed by atoms with Crippen molar-refractivity contribution in [1.29, 1.82) is 0 Å². The molecule has 1 aromatic heterocycles. The topological polar surface area (TPSA) is 25.4 Å². The number of hydrogen-bond acceptors (Lipinski definition) is 4. The number of thiazole rings is 1. The Morgan fingerprint density at radius 2 is 2.00 bits per heavy atom. The fourth-order valence-corrected chi connectivity index (χ4v) is 4.79. The summed E-state index contributed by atoms with van der Waals surface area (Å²) in [6.07, 6.45) is 1.02. The molecule has 0 spiro atoms. The van der Waals surface area contributed by atoms with Crippen molar-refractivity contribution in [2.75, 3.05) is 13.2 Å². The van der Waals surface area contributed by atoms with Gasteiger partial charge in [-0.05, 0) is 38.0 Å². The second-order valence-electron chi connectivity index (χ2n) is 7.11. The Morgan fingerprint density at radius 1 is 1.19 bits per heavy atom. The van der Waals surface area contributed by atoms with Gasteiger partial charge in [-0.2, -0.15) is 0 Å². The van der Waals surface area contributed by atoms with E-state index >= 15 is 0 Å². The number of rotatable bonds is 5. The normalized spacial score (nSPS) is 15.4. The number of benzene rings is 2. The van der Waals surface area contributed by atoms with Crippen LogP contribution in [0.3, 0.4) is 0 Å². The fraction of sp³-hybridized carbons (Fsp3) is 0.348. The second kappa shape index (κ2) is 7.83. The number of aromatic nitrogens is 1. The predicted molar refractivity (Wildman–Crippen MR) is 112 cm³/mol. The minimum Gasteiger partial charge on any atom is -0.494 e. The molecule has 3 aromatic rings. The third kappa shape index (κ3) is 3.78. The summed E-state index contributed by atoms with van der Waals surface area (Å²) in [4.78, 5) is 8.87. The molecular weight excluding hydrogens is 352 g/mol. The van der Waals surface area contributed by atoms with E-state index in [9.17, 15) is 0 Å². The summed E-state index contributed by atoms with van der Waals surface area (Å²) < 4.78 is 5.80. The predicted octanol–water partition coefficient (Wildman–Crippen LogP) is 5.64. The van der Waals surface area contributed by atoms with Gasteiger partial charge in [-0.1, -0.05) is 42.5 Å². The Morgan fingerprint density at radius 3 is 2.78 bits per heavy atom. The van der Waals surface area contributed by atoms with Gasteiger partial charge in [0.25, 0.3) is 0 Å². The Bertz CT molecular complexity index is 919. The first-order valence-corrected chi connectivity index (χ1v) is 10.5. The lowest BCUT2D eigenvalue weighted by molar-refractivity contribution is 0.193. The van der Waals surface area contributed by atoms with Gasteiger partial charge < -0.3 is 4.74 Å². The van der Waals surface area contributed by atoms with Crippen molar-refractivity contribution in [3.63, 3.8) is 0 Å². The molecule has 0 fully saturated rings.